The fourth-order valence-electron chi connectivity index (χ4n) is 7.47. The van der Waals surface area contributed by atoms with Gasteiger partial charge in [0.25, 0.3) is 0 Å². The van der Waals surface area contributed by atoms with Crippen LogP contribution in [0.15, 0.2) is 12.2 Å². The summed E-state index contributed by atoms with van der Waals surface area (Å²) in [7, 11) is 1.35. The van der Waals surface area contributed by atoms with Crippen molar-refractivity contribution < 1.29 is 19.1 Å². The van der Waals surface area contributed by atoms with Crippen LogP contribution in [0.4, 0.5) is 0 Å². The first kappa shape index (κ1) is 21.4. The van der Waals surface area contributed by atoms with Crippen LogP contribution in [0, 0.1) is 34.5 Å². The van der Waals surface area contributed by atoms with Gasteiger partial charge in [-0.15, -0.1) is 0 Å². The van der Waals surface area contributed by atoms with Crippen molar-refractivity contribution in [2.45, 2.75) is 77.8 Å². The third kappa shape index (κ3) is 3.09. The molecule has 0 bridgehead atoms. The predicted molar refractivity (Wildman–Crippen MR) is 113 cm³/mol. The number of methoxy groups -OCH3 is 1. The van der Waals surface area contributed by atoms with E-state index in [1.807, 2.05) is 0 Å². The molecule has 4 aliphatic rings. The summed E-state index contributed by atoms with van der Waals surface area (Å²) in [4.78, 5) is 37.2. The second kappa shape index (κ2) is 7.10. The molecule has 3 saturated carbocycles. The van der Waals surface area contributed by atoms with Crippen LogP contribution in [0.1, 0.15) is 66.2 Å². The zero-order valence-electron chi connectivity index (χ0n) is 18.9. The van der Waals surface area contributed by atoms with Gasteiger partial charge >= 0.3 is 5.97 Å². The molecule has 4 rings (SSSR count). The number of hydrogen-bond donors (Lipinski definition) is 2. The van der Waals surface area contributed by atoms with Crippen LogP contribution in [0.2, 0.25) is 0 Å². The third-order valence-electron chi connectivity index (χ3n) is 9.13. The van der Waals surface area contributed by atoms with E-state index in [1.165, 1.54) is 7.11 Å². The van der Waals surface area contributed by atoms with E-state index in [4.69, 9.17) is 4.74 Å². The summed E-state index contributed by atoms with van der Waals surface area (Å²) in [6, 6.07) is 0.224. The van der Waals surface area contributed by atoms with Crippen LogP contribution in [0.25, 0.3) is 0 Å². The number of carbonyl (C=O) groups excluding carboxylic acids is 3. The Labute approximate surface area is 179 Å². The standard InChI is InChI=1S/C24H36N2O4/c1-22(2,21(29)30-5)26-20(28)17-8-7-15-14-6-9-18-24(4,13-11-19(27)25-18)16(14)10-12-23(15,17)3/h11,13-18H,6-10,12H2,1-5H3,(H,25,27)(H,26,28)/t14-,15-,16+,17?,18?,23-,24+/m0/s1. The molecule has 0 aromatic rings. The smallest absolute Gasteiger partial charge is 0.330 e. The van der Waals surface area contributed by atoms with E-state index in [9.17, 15) is 14.4 Å². The van der Waals surface area contributed by atoms with Crippen molar-refractivity contribution in [1.29, 1.82) is 0 Å². The lowest BCUT2D eigenvalue weighted by Crippen LogP contribution is -2.60. The summed E-state index contributed by atoms with van der Waals surface area (Å²) in [5.74, 6) is 1.16. The van der Waals surface area contributed by atoms with E-state index in [0.29, 0.717) is 17.8 Å². The van der Waals surface area contributed by atoms with E-state index >= 15 is 0 Å². The number of esters is 1. The van der Waals surface area contributed by atoms with Gasteiger partial charge in [0.2, 0.25) is 11.8 Å². The Kier molecular flexibility index (Phi) is 5.06. The summed E-state index contributed by atoms with van der Waals surface area (Å²) >= 11 is 0. The molecule has 3 aliphatic carbocycles. The number of amides is 2. The maximum absolute atomic E-state index is 13.3. The molecular weight excluding hydrogens is 380 g/mol. The highest BCUT2D eigenvalue weighted by atomic mass is 16.5. The number of carbonyl (C=O) groups is 3. The third-order valence-corrected chi connectivity index (χ3v) is 9.13. The molecule has 0 aromatic heterocycles. The fraction of sp³-hybridized carbons (Fsp3) is 0.792. The molecule has 1 heterocycles. The zero-order valence-corrected chi connectivity index (χ0v) is 18.9. The molecule has 2 amide bonds. The van der Waals surface area contributed by atoms with Crippen molar-refractivity contribution in [3.05, 3.63) is 12.2 Å². The van der Waals surface area contributed by atoms with Gasteiger partial charge in [-0.2, -0.15) is 0 Å². The highest BCUT2D eigenvalue weighted by Gasteiger charge is 2.61. The Morgan fingerprint density at radius 3 is 2.57 bits per heavy atom. The Morgan fingerprint density at radius 1 is 1.13 bits per heavy atom. The maximum atomic E-state index is 13.3. The summed E-state index contributed by atoms with van der Waals surface area (Å²) in [6.07, 6.45) is 10.0. The largest absolute Gasteiger partial charge is 0.467 e. The van der Waals surface area contributed by atoms with Gasteiger partial charge in [0.15, 0.2) is 0 Å². The second-order valence-electron chi connectivity index (χ2n) is 11.0. The molecule has 0 aromatic carbocycles. The van der Waals surface area contributed by atoms with Crippen LogP contribution in [0.5, 0.6) is 0 Å². The SMILES string of the molecule is COC(=O)C(C)(C)NC(=O)C1CC[C@H]2[C@@H]3CCC4NC(=O)C=C[C@]4(C)[C@@H]3CC[C@]12C. The quantitative estimate of drug-likeness (QED) is 0.693. The number of fused-ring (bicyclic) bond motifs is 5. The summed E-state index contributed by atoms with van der Waals surface area (Å²) < 4.78 is 4.86. The van der Waals surface area contributed by atoms with Crippen molar-refractivity contribution in [2.75, 3.05) is 7.11 Å². The molecule has 3 fully saturated rings. The van der Waals surface area contributed by atoms with Crippen LogP contribution < -0.4 is 10.6 Å². The van der Waals surface area contributed by atoms with Crippen LogP contribution in [0.3, 0.4) is 0 Å². The van der Waals surface area contributed by atoms with Gasteiger partial charge in [-0.3, -0.25) is 9.59 Å². The van der Waals surface area contributed by atoms with Crippen LogP contribution in [-0.4, -0.2) is 36.5 Å². The molecule has 1 aliphatic heterocycles. The molecule has 7 atom stereocenters. The first-order valence-corrected chi connectivity index (χ1v) is 11.4. The van der Waals surface area contributed by atoms with E-state index in [0.717, 1.165) is 38.5 Å². The molecule has 166 valence electrons. The van der Waals surface area contributed by atoms with Gasteiger partial charge in [0.05, 0.1) is 7.11 Å². The minimum absolute atomic E-state index is 0.00533. The topological polar surface area (TPSA) is 84.5 Å². The first-order chi connectivity index (χ1) is 14.0. The normalized spacial score (nSPS) is 42.4. The molecule has 6 heteroatoms. The maximum Gasteiger partial charge on any atom is 0.330 e. The van der Waals surface area contributed by atoms with Gasteiger partial charge in [-0.25, -0.2) is 4.79 Å². The lowest BCUT2D eigenvalue weighted by Gasteiger charge is -2.58. The van der Waals surface area contributed by atoms with E-state index in [2.05, 4.69) is 30.6 Å². The van der Waals surface area contributed by atoms with Crippen LogP contribution in [-0.2, 0) is 19.1 Å². The average molecular weight is 417 g/mol. The first-order valence-electron chi connectivity index (χ1n) is 11.4. The number of hydrogen-bond acceptors (Lipinski definition) is 4. The summed E-state index contributed by atoms with van der Waals surface area (Å²) in [5.41, 5.74) is -1.05. The zero-order chi connectivity index (χ0) is 21.9. The number of rotatable bonds is 3. The molecule has 6 nitrogen and oxygen atoms in total. The van der Waals surface area contributed by atoms with Gasteiger partial charge in [0, 0.05) is 17.4 Å². The van der Waals surface area contributed by atoms with Gasteiger partial charge in [0.1, 0.15) is 5.54 Å². The minimum atomic E-state index is -1.02. The highest BCUT2D eigenvalue weighted by molar-refractivity contribution is 5.89. The Morgan fingerprint density at radius 2 is 1.87 bits per heavy atom. The van der Waals surface area contributed by atoms with Crippen molar-refractivity contribution in [2.24, 2.45) is 34.5 Å². The van der Waals surface area contributed by atoms with Gasteiger partial charge in [-0.05, 0) is 81.6 Å². The molecule has 2 unspecified atom stereocenters. The Balaban J connectivity index is 1.54. The number of ether oxygens (including phenoxy) is 1. The van der Waals surface area contributed by atoms with E-state index in [-0.39, 0.29) is 34.6 Å². The second-order valence-corrected chi connectivity index (χ2v) is 11.0. The van der Waals surface area contributed by atoms with E-state index < -0.39 is 11.5 Å². The molecule has 0 radical (unpaired) electrons. The molecule has 2 N–H and O–H groups in total. The minimum Gasteiger partial charge on any atom is -0.467 e. The predicted octanol–water partition coefficient (Wildman–Crippen LogP) is 2.97. The fourth-order valence-corrected chi connectivity index (χ4v) is 7.47. The van der Waals surface area contributed by atoms with Crippen molar-refractivity contribution in [3.63, 3.8) is 0 Å². The molecule has 0 spiro atoms. The van der Waals surface area contributed by atoms with Gasteiger partial charge in [-0.1, -0.05) is 19.9 Å². The van der Waals surface area contributed by atoms with Gasteiger partial charge < -0.3 is 15.4 Å². The summed E-state index contributed by atoms with van der Waals surface area (Å²) in [5, 5.41) is 6.16. The highest BCUT2D eigenvalue weighted by Crippen LogP contribution is 2.65. The van der Waals surface area contributed by atoms with Crippen molar-refractivity contribution >= 4 is 17.8 Å². The summed E-state index contributed by atoms with van der Waals surface area (Å²) in [6.45, 7) is 8.01. The van der Waals surface area contributed by atoms with Crippen LogP contribution >= 0.6 is 0 Å². The van der Waals surface area contributed by atoms with E-state index in [1.54, 1.807) is 19.9 Å². The molecule has 30 heavy (non-hydrogen) atoms. The monoisotopic (exact) mass is 416 g/mol. The number of nitrogens with one attached hydrogen (secondary N) is 2. The Bertz CT molecular complexity index is 790. The van der Waals surface area contributed by atoms with Crippen molar-refractivity contribution in [1.82, 2.24) is 10.6 Å². The van der Waals surface area contributed by atoms with Crippen molar-refractivity contribution in [3.8, 4) is 0 Å². The average Bonchev–Trinajstić information content (AvgIpc) is 3.04. The molecule has 0 saturated heterocycles. The lowest BCUT2D eigenvalue weighted by molar-refractivity contribution is -0.151. The molecular formula is C24H36N2O4. The Hall–Kier alpha value is -1.85. The lowest BCUT2D eigenvalue weighted by atomic mass is 9.48.